The highest BCUT2D eigenvalue weighted by molar-refractivity contribution is 5.98. The Balaban J connectivity index is 1.56. The summed E-state index contributed by atoms with van der Waals surface area (Å²) in [5.74, 6) is 0.913. The van der Waals surface area contributed by atoms with E-state index in [0.29, 0.717) is 17.3 Å². The van der Waals surface area contributed by atoms with Gasteiger partial charge in [0, 0.05) is 23.3 Å². The molecule has 29 heavy (non-hydrogen) atoms. The molecule has 0 aliphatic carbocycles. The number of aryl methyl sites for hydroxylation is 1. The number of aromatic nitrogens is 3. The van der Waals surface area contributed by atoms with Crippen LogP contribution in [0.2, 0.25) is 0 Å². The highest BCUT2D eigenvalue weighted by Crippen LogP contribution is 2.26. The first-order valence-electron chi connectivity index (χ1n) is 9.16. The van der Waals surface area contributed by atoms with Crippen LogP contribution in [0.4, 0.5) is 10.5 Å². The van der Waals surface area contributed by atoms with Crippen molar-refractivity contribution < 1.29 is 14.6 Å². The summed E-state index contributed by atoms with van der Waals surface area (Å²) in [6.45, 7) is 3.60. The van der Waals surface area contributed by atoms with Gasteiger partial charge in [0.2, 0.25) is 5.88 Å². The van der Waals surface area contributed by atoms with E-state index in [4.69, 9.17) is 4.74 Å². The molecule has 146 valence electrons. The molecule has 7 nitrogen and oxygen atoms in total. The van der Waals surface area contributed by atoms with Crippen LogP contribution in [0.3, 0.4) is 0 Å². The van der Waals surface area contributed by atoms with Crippen molar-refractivity contribution in [2.75, 3.05) is 5.32 Å². The van der Waals surface area contributed by atoms with Crippen molar-refractivity contribution in [3.8, 4) is 11.6 Å². The molecule has 0 aliphatic heterocycles. The average molecular weight is 388 g/mol. The minimum absolute atomic E-state index is 0.239. The molecule has 0 bridgehead atoms. The van der Waals surface area contributed by atoms with Crippen LogP contribution in [0.15, 0.2) is 67.1 Å². The first-order valence-corrected chi connectivity index (χ1v) is 9.16. The van der Waals surface area contributed by atoms with Crippen molar-refractivity contribution >= 4 is 22.6 Å². The highest BCUT2D eigenvalue weighted by Gasteiger charge is 2.11. The normalized spacial score (nSPS) is 12.0. The number of amides is 1. The zero-order valence-electron chi connectivity index (χ0n) is 16.0. The largest absolute Gasteiger partial charge is 0.439 e. The second kappa shape index (κ2) is 7.73. The molecule has 1 unspecified atom stereocenters. The second-order valence-corrected chi connectivity index (χ2v) is 6.77. The molecular weight excluding hydrogens is 368 g/mol. The number of rotatable bonds is 4. The third-order valence-corrected chi connectivity index (χ3v) is 4.46. The summed E-state index contributed by atoms with van der Waals surface area (Å²) in [5, 5.41) is 13.4. The van der Waals surface area contributed by atoms with Crippen molar-refractivity contribution in [2.45, 2.75) is 20.0 Å². The molecule has 2 heterocycles. The van der Waals surface area contributed by atoms with Crippen LogP contribution in [0, 0.1) is 6.92 Å². The molecule has 0 fully saturated rings. The molecule has 0 radical (unpaired) electrons. The van der Waals surface area contributed by atoms with Crippen molar-refractivity contribution in [1.29, 1.82) is 0 Å². The summed E-state index contributed by atoms with van der Waals surface area (Å²) < 4.78 is 7.34. The van der Waals surface area contributed by atoms with Crippen LogP contribution in [-0.4, -0.2) is 25.7 Å². The maximum atomic E-state index is 12.7. The van der Waals surface area contributed by atoms with Gasteiger partial charge in [0.1, 0.15) is 12.1 Å². The number of anilines is 1. The molecule has 2 N–H and O–H groups in total. The number of nitrogens with zero attached hydrogens (tertiary/aromatic N) is 3. The van der Waals surface area contributed by atoms with E-state index in [1.807, 2.05) is 49.4 Å². The lowest BCUT2D eigenvalue weighted by Gasteiger charge is -2.09. The standard InChI is InChI=1S/C22H20N4O3/c1-14-4-3-5-17(10-14)25-22(28)26-9-8-16-11-18(6-7-20(16)26)29-21-12-19(15(2)27)23-13-24-21/h3-13,15,27H,1-2H3,(H,25,28). The number of fused-ring (bicyclic) bond motifs is 1. The van der Waals surface area contributed by atoms with Gasteiger partial charge in [-0.1, -0.05) is 12.1 Å². The van der Waals surface area contributed by atoms with Crippen LogP contribution in [0.1, 0.15) is 24.3 Å². The monoisotopic (exact) mass is 388 g/mol. The molecule has 0 aliphatic rings. The summed E-state index contributed by atoms with van der Waals surface area (Å²) in [7, 11) is 0. The van der Waals surface area contributed by atoms with Gasteiger partial charge < -0.3 is 15.2 Å². The van der Waals surface area contributed by atoms with E-state index in [0.717, 1.165) is 22.2 Å². The lowest BCUT2D eigenvalue weighted by Crippen LogP contribution is -2.18. The molecule has 2 aromatic carbocycles. The average Bonchev–Trinajstić information content (AvgIpc) is 3.11. The second-order valence-electron chi connectivity index (χ2n) is 6.77. The summed E-state index contributed by atoms with van der Waals surface area (Å²) in [6.07, 6.45) is 2.36. The number of carbonyl (C=O) groups is 1. The van der Waals surface area contributed by atoms with E-state index in [-0.39, 0.29) is 6.03 Å². The van der Waals surface area contributed by atoms with Gasteiger partial charge in [-0.05, 0) is 55.8 Å². The van der Waals surface area contributed by atoms with Crippen LogP contribution in [-0.2, 0) is 0 Å². The Hall–Kier alpha value is -3.71. The number of ether oxygens (including phenoxy) is 1. The predicted octanol–water partition coefficient (Wildman–Crippen LogP) is 4.67. The van der Waals surface area contributed by atoms with E-state index in [1.54, 1.807) is 29.8 Å². The van der Waals surface area contributed by atoms with Crippen molar-refractivity contribution in [3.05, 3.63) is 78.4 Å². The smallest absolute Gasteiger partial charge is 0.330 e. The van der Waals surface area contributed by atoms with Crippen molar-refractivity contribution in [3.63, 3.8) is 0 Å². The van der Waals surface area contributed by atoms with Crippen LogP contribution >= 0.6 is 0 Å². The quantitative estimate of drug-likeness (QED) is 0.530. The van der Waals surface area contributed by atoms with Gasteiger partial charge in [-0.15, -0.1) is 0 Å². The minimum Gasteiger partial charge on any atom is -0.439 e. The zero-order chi connectivity index (χ0) is 20.4. The summed E-state index contributed by atoms with van der Waals surface area (Å²) in [6, 6.07) is 16.3. The molecule has 1 atom stereocenters. The van der Waals surface area contributed by atoms with Gasteiger partial charge in [0.25, 0.3) is 0 Å². The molecule has 0 spiro atoms. The fourth-order valence-corrected chi connectivity index (χ4v) is 3.03. The molecule has 2 aromatic heterocycles. The Kier molecular flexibility index (Phi) is 4.97. The molecule has 1 amide bonds. The van der Waals surface area contributed by atoms with E-state index in [2.05, 4.69) is 15.3 Å². The molecule has 7 heteroatoms. The highest BCUT2D eigenvalue weighted by atomic mass is 16.5. The van der Waals surface area contributed by atoms with Gasteiger partial charge in [-0.25, -0.2) is 14.8 Å². The van der Waals surface area contributed by atoms with E-state index >= 15 is 0 Å². The number of aliphatic hydroxyl groups is 1. The molecule has 0 saturated heterocycles. The fourth-order valence-electron chi connectivity index (χ4n) is 3.03. The summed E-state index contributed by atoms with van der Waals surface area (Å²) in [4.78, 5) is 20.7. The lowest BCUT2D eigenvalue weighted by molar-refractivity contribution is 0.193. The maximum Gasteiger partial charge on any atom is 0.330 e. The Labute approximate surface area is 167 Å². The number of carbonyl (C=O) groups excluding carboxylic acids is 1. The van der Waals surface area contributed by atoms with E-state index in [1.165, 1.54) is 6.33 Å². The number of benzene rings is 2. The molecule has 4 aromatic rings. The Bertz CT molecular complexity index is 1180. The third kappa shape index (κ3) is 4.09. The number of aliphatic hydroxyl groups excluding tert-OH is 1. The third-order valence-electron chi connectivity index (χ3n) is 4.46. The van der Waals surface area contributed by atoms with Gasteiger partial charge in [-0.2, -0.15) is 0 Å². The molecular formula is C22H20N4O3. The lowest BCUT2D eigenvalue weighted by atomic mass is 10.2. The summed E-state index contributed by atoms with van der Waals surface area (Å²) >= 11 is 0. The fraction of sp³-hybridized carbons (Fsp3) is 0.136. The SMILES string of the molecule is Cc1cccc(NC(=O)n2ccc3cc(Oc4cc(C(C)O)ncn4)ccc32)c1. The number of hydrogen-bond acceptors (Lipinski definition) is 5. The molecule has 0 saturated carbocycles. The Morgan fingerprint density at radius 2 is 2.00 bits per heavy atom. The van der Waals surface area contributed by atoms with Gasteiger partial charge in [0.05, 0.1) is 17.3 Å². The predicted molar refractivity (Wildman–Crippen MR) is 110 cm³/mol. The Morgan fingerprint density at radius 1 is 1.14 bits per heavy atom. The van der Waals surface area contributed by atoms with Crippen molar-refractivity contribution in [1.82, 2.24) is 14.5 Å². The van der Waals surface area contributed by atoms with Gasteiger partial charge >= 0.3 is 6.03 Å². The van der Waals surface area contributed by atoms with Gasteiger partial charge in [0.15, 0.2) is 0 Å². The Morgan fingerprint density at radius 3 is 2.79 bits per heavy atom. The molecule has 4 rings (SSSR count). The van der Waals surface area contributed by atoms with E-state index < -0.39 is 6.10 Å². The first kappa shape index (κ1) is 18.6. The number of hydrogen-bond donors (Lipinski definition) is 2. The van der Waals surface area contributed by atoms with Crippen LogP contribution < -0.4 is 10.1 Å². The van der Waals surface area contributed by atoms with Crippen LogP contribution in [0.5, 0.6) is 11.6 Å². The van der Waals surface area contributed by atoms with Crippen LogP contribution in [0.25, 0.3) is 10.9 Å². The topological polar surface area (TPSA) is 89.3 Å². The number of nitrogens with one attached hydrogen (secondary N) is 1. The van der Waals surface area contributed by atoms with E-state index in [9.17, 15) is 9.90 Å². The zero-order valence-corrected chi connectivity index (χ0v) is 16.0. The van der Waals surface area contributed by atoms with Crippen molar-refractivity contribution in [2.24, 2.45) is 0 Å². The minimum atomic E-state index is -0.705. The first-order chi connectivity index (χ1) is 14.0. The maximum absolute atomic E-state index is 12.7. The summed E-state index contributed by atoms with van der Waals surface area (Å²) in [5.41, 5.74) is 3.06. The van der Waals surface area contributed by atoms with Gasteiger partial charge in [-0.3, -0.25) is 4.57 Å².